The van der Waals surface area contributed by atoms with Gasteiger partial charge in [-0.15, -0.1) is 0 Å². The molecule has 0 atom stereocenters. The molecule has 14 heavy (non-hydrogen) atoms. The van der Waals surface area contributed by atoms with Crippen molar-refractivity contribution >= 4 is 20.0 Å². The Morgan fingerprint density at radius 3 is 1.36 bits per heavy atom. The van der Waals surface area contributed by atoms with Crippen molar-refractivity contribution in [3.05, 3.63) is 0 Å². The molecule has 0 aromatic carbocycles. The molecule has 1 saturated carbocycles. The van der Waals surface area contributed by atoms with E-state index in [1.807, 2.05) is 0 Å². The van der Waals surface area contributed by atoms with E-state index >= 15 is 0 Å². The molecule has 0 saturated heterocycles. The van der Waals surface area contributed by atoms with E-state index in [-0.39, 0.29) is 12.8 Å². The zero-order chi connectivity index (χ0) is 11.0. The number of hydrogen-bond donors (Lipinski definition) is 2. The second-order valence-electron chi connectivity index (χ2n) is 3.56. The molecule has 1 rings (SSSR count). The van der Waals surface area contributed by atoms with Gasteiger partial charge in [0.15, 0.2) is 4.08 Å². The third-order valence-electron chi connectivity index (χ3n) is 2.65. The molecule has 0 aliphatic heterocycles. The van der Waals surface area contributed by atoms with Gasteiger partial charge in [0.25, 0.3) is 0 Å². The van der Waals surface area contributed by atoms with Crippen LogP contribution in [-0.4, -0.2) is 20.9 Å². The average molecular weight is 242 g/mol. The lowest BCUT2D eigenvalue weighted by Gasteiger charge is -2.32. The second-order valence-corrected chi connectivity index (χ2v) is 7.56. The number of nitrogens with two attached hydrogens (primary N) is 2. The van der Waals surface area contributed by atoms with E-state index in [0.717, 1.165) is 6.42 Å². The highest BCUT2D eigenvalue weighted by Crippen LogP contribution is 2.36. The summed E-state index contributed by atoms with van der Waals surface area (Å²) in [6, 6.07) is 0. The van der Waals surface area contributed by atoms with Crippen molar-refractivity contribution in [3.63, 3.8) is 0 Å². The van der Waals surface area contributed by atoms with Crippen LogP contribution in [0.1, 0.15) is 32.1 Å². The van der Waals surface area contributed by atoms with Gasteiger partial charge in [-0.2, -0.15) is 0 Å². The Bertz CT molecular complexity index is 371. The Morgan fingerprint density at radius 1 is 0.786 bits per heavy atom. The van der Waals surface area contributed by atoms with Gasteiger partial charge in [0.05, 0.1) is 0 Å². The smallest absolute Gasteiger partial charge is 0.227 e. The van der Waals surface area contributed by atoms with E-state index in [1.54, 1.807) is 0 Å². The van der Waals surface area contributed by atoms with Crippen molar-refractivity contribution in [2.45, 2.75) is 36.2 Å². The van der Waals surface area contributed by atoms with Crippen LogP contribution in [0.5, 0.6) is 0 Å². The van der Waals surface area contributed by atoms with E-state index in [0.29, 0.717) is 12.8 Å². The summed E-state index contributed by atoms with van der Waals surface area (Å²) in [7, 11) is -8.32. The summed E-state index contributed by atoms with van der Waals surface area (Å²) in [5.41, 5.74) is 0. The van der Waals surface area contributed by atoms with E-state index in [4.69, 9.17) is 10.3 Å². The summed E-state index contributed by atoms with van der Waals surface area (Å²) in [5, 5.41) is 9.89. The fourth-order valence-corrected chi connectivity index (χ4v) is 4.83. The fourth-order valence-electron chi connectivity index (χ4n) is 1.82. The summed E-state index contributed by atoms with van der Waals surface area (Å²) < 4.78 is 43.1. The van der Waals surface area contributed by atoms with Crippen LogP contribution in [0.4, 0.5) is 0 Å². The van der Waals surface area contributed by atoms with Crippen LogP contribution in [0.3, 0.4) is 0 Å². The SMILES string of the molecule is NS(=O)(=O)C1(S(N)(=O)=O)CCCCC1. The lowest BCUT2D eigenvalue weighted by atomic mass is 10.00. The predicted octanol–water partition coefficient (Wildman–Crippen LogP) is -0.776. The Balaban J connectivity index is 3.30. The van der Waals surface area contributed by atoms with Crippen LogP contribution < -0.4 is 10.3 Å². The molecule has 0 unspecified atom stereocenters. The van der Waals surface area contributed by atoms with E-state index in [2.05, 4.69) is 0 Å². The van der Waals surface area contributed by atoms with Crippen molar-refractivity contribution in [3.8, 4) is 0 Å². The van der Waals surface area contributed by atoms with Crippen LogP contribution in [0.2, 0.25) is 0 Å². The molecule has 0 bridgehead atoms. The molecule has 1 aliphatic carbocycles. The highest BCUT2D eigenvalue weighted by atomic mass is 32.3. The Labute approximate surface area is 83.8 Å². The molecule has 1 fully saturated rings. The summed E-state index contributed by atoms with van der Waals surface area (Å²) >= 11 is 0. The molecule has 0 heterocycles. The Morgan fingerprint density at radius 2 is 1.14 bits per heavy atom. The molecule has 0 spiro atoms. The van der Waals surface area contributed by atoms with Gasteiger partial charge >= 0.3 is 0 Å². The number of primary sulfonamides is 2. The zero-order valence-electron chi connectivity index (χ0n) is 7.64. The Kier molecular flexibility index (Phi) is 2.92. The molecular formula is C6H14N2O4S2. The molecule has 1 aliphatic rings. The first-order chi connectivity index (χ1) is 6.21. The largest absolute Gasteiger partial charge is 0.230 e. The van der Waals surface area contributed by atoms with Gasteiger partial charge in [-0.05, 0) is 12.8 Å². The third-order valence-corrected chi connectivity index (χ3v) is 6.94. The minimum Gasteiger partial charge on any atom is -0.227 e. The summed E-state index contributed by atoms with van der Waals surface area (Å²) in [5.74, 6) is 0. The summed E-state index contributed by atoms with van der Waals surface area (Å²) in [6.07, 6.45) is 1.86. The Hall–Kier alpha value is -0.180. The van der Waals surface area contributed by atoms with E-state index < -0.39 is 24.1 Å². The standard InChI is InChI=1S/C6H14N2O4S2/c7-13(9,10)6(14(8,11)12)4-2-1-3-5-6/h1-5H2,(H2,7,9,10)(H2,8,11,12). The molecule has 0 aromatic heterocycles. The topological polar surface area (TPSA) is 120 Å². The number of rotatable bonds is 2. The van der Waals surface area contributed by atoms with Gasteiger partial charge < -0.3 is 0 Å². The molecular weight excluding hydrogens is 228 g/mol. The van der Waals surface area contributed by atoms with Gasteiger partial charge in [0.2, 0.25) is 20.0 Å². The van der Waals surface area contributed by atoms with E-state index in [9.17, 15) is 16.8 Å². The van der Waals surface area contributed by atoms with Crippen molar-refractivity contribution in [1.82, 2.24) is 0 Å². The van der Waals surface area contributed by atoms with Crippen molar-refractivity contribution in [1.29, 1.82) is 0 Å². The van der Waals surface area contributed by atoms with Gasteiger partial charge in [0, 0.05) is 0 Å². The molecule has 4 N–H and O–H groups in total. The molecule has 0 radical (unpaired) electrons. The van der Waals surface area contributed by atoms with Crippen LogP contribution in [-0.2, 0) is 20.0 Å². The van der Waals surface area contributed by atoms with Gasteiger partial charge in [-0.1, -0.05) is 19.3 Å². The quantitative estimate of drug-likeness (QED) is 0.660. The molecule has 0 amide bonds. The molecule has 6 nitrogen and oxygen atoms in total. The summed E-state index contributed by atoms with van der Waals surface area (Å²) in [4.78, 5) is 0. The van der Waals surface area contributed by atoms with Crippen LogP contribution in [0.15, 0.2) is 0 Å². The minimum atomic E-state index is -4.16. The fraction of sp³-hybridized carbons (Fsp3) is 1.00. The monoisotopic (exact) mass is 242 g/mol. The summed E-state index contributed by atoms with van der Waals surface area (Å²) in [6.45, 7) is 0. The van der Waals surface area contributed by atoms with Crippen molar-refractivity contribution < 1.29 is 16.8 Å². The highest BCUT2D eigenvalue weighted by Gasteiger charge is 2.52. The minimum absolute atomic E-state index is 0.00463. The maximum Gasteiger partial charge on any atom is 0.230 e. The maximum absolute atomic E-state index is 11.3. The average Bonchev–Trinajstić information content (AvgIpc) is 2.02. The van der Waals surface area contributed by atoms with Crippen molar-refractivity contribution in [2.24, 2.45) is 10.3 Å². The van der Waals surface area contributed by atoms with Crippen LogP contribution in [0, 0.1) is 0 Å². The lowest BCUT2D eigenvalue weighted by molar-refractivity contribution is 0.436. The second kappa shape index (κ2) is 3.44. The predicted molar refractivity (Wildman–Crippen MR) is 52.0 cm³/mol. The lowest BCUT2D eigenvalue weighted by Crippen LogP contribution is -2.53. The van der Waals surface area contributed by atoms with Gasteiger partial charge in [-0.3, -0.25) is 0 Å². The van der Waals surface area contributed by atoms with Gasteiger partial charge in [-0.25, -0.2) is 27.1 Å². The highest BCUT2D eigenvalue weighted by molar-refractivity contribution is 8.08. The van der Waals surface area contributed by atoms with Crippen LogP contribution >= 0.6 is 0 Å². The first-order valence-electron chi connectivity index (χ1n) is 4.25. The van der Waals surface area contributed by atoms with Gasteiger partial charge in [0.1, 0.15) is 0 Å². The maximum atomic E-state index is 11.3. The number of sulfonamides is 2. The van der Waals surface area contributed by atoms with Crippen molar-refractivity contribution in [2.75, 3.05) is 0 Å². The zero-order valence-corrected chi connectivity index (χ0v) is 9.27. The molecule has 0 aromatic rings. The normalized spacial score (nSPS) is 23.3. The molecule has 8 heteroatoms. The molecule has 84 valence electrons. The number of hydrogen-bond acceptors (Lipinski definition) is 4. The first kappa shape index (κ1) is 11.9. The van der Waals surface area contributed by atoms with Crippen LogP contribution in [0.25, 0.3) is 0 Å². The third kappa shape index (κ3) is 1.79. The first-order valence-corrected chi connectivity index (χ1v) is 7.35. The van der Waals surface area contributed by atoms with E-state index in [1.165, 1.54) is 0 Å².